The summed E-state index contributed by atoms with van der Waals surface area (Å²) in [7, 11) is 0. The van der Waals surface area contributed by atoms with Gasteiger partial charge >= 0.3 is 0 Å². The summed E-state index contributed by atoms with van der Waals surface area (Å²) in [5.41, 5.74) is 0.501. The molecule has 0 radical (unpaired) electrons. The second-order valence-electron chi connectivity index (χ2n) is 6.26. The van der Waals surface area contributed by atoms with E-state index in [0.717, 1.165) is 18.4 Å². The van der Waals surface area contributed by atoms with Crippen molar-refractivity contribution in [2.45, 2.75) is 57.1 Å². The maximum atomic E-state index is 10.2. The van der Waals surface area contributed by atoms with E-state index in [4.69, 9.17) is 4.74 Å². The van der Waals surface area contributed by atoms with Crippen LogP contribution in [-0.4, -0.2) is 66.5 Å². The third kappa shape index (κ3) is 3.59. The smallest absolute Gasteiger partial charge is 0.181 e. The van der Waals surface area contributed by atoms with Crippen LogP contribution in [0, 0.1) is 0 Å². The van der Waals surface area contributed by atoms with Crippen molar-refractivity contribution >= 4 is 16.9 Å². The molecule has 0 saturated carbocycles. The second kappa shape index (κ2) is 8.05. The molecule has 1 unspecified atom stereocenters. The van der Waals surface area contributed by atoms with E-state index in [1.807, 2.05) is 0 Å². The lowest BCUT2D eigenvalue weighted by Crippen LogP contribution is -2.33. The third-order valence-electron chi connectivity index (χ3n) is 4.47. The lowest BCUT2D eigenvalue weighted by atomic mass is 10.1. The molecule has 1 aliphatic heterocycles. The van der Waals surface area contributed by atoms with E-state index in [2.05, 4.69) is 27.3 Å². The van der Waals surface area contributed by atoms with Crippen molar-refractivity contribution in [3.63, 3.8) is 0 Å². The topological polar surface area (TPSA) is 126 Å². The van der Waals surface area contributed by atoms with Crippen molar-refractivity contribution in [1.29, 1.82) is 0 Å². The quantitative estimate of drug-likeness (QED) is 0.505. The summed E-state index contributed by atoms with van der Waals surface area (Å²) in [6, 6.07) is 0. The number of hydrogen-bond donors (Lipinski definition) is 4. The molecule has 4 atom stereocenters. The number of rotatable bonds is 8. The van der Waals surface area contributed by atoms with E-state index in [1.165, 1.54) is 30.3 Å². The molecule has 0 spiro atoms. The summed E-state index contributed by atoms with van der Waals surface area (Å²) in [6.07, 6.45) is 3.54. The fraction of sp³-hybridized carbons (Fsp3) is 0.688. The molecule has 3 heterocycles. The van der Waals surface area contributed by atoms with Gasteiger partial charge in [-0.3, -0.25) is 0 Å². The molecular formula is C16H25N5O4. The number of aliphatic hydroxyl groups excluding tert-OH is 3. The third-order valence-corrected chi connectivity index (χ3v) is 4.47. The van der Waals surface area contributed by atoms with Gasteiger partial charge in [-0.25, -0.2) is 14.6 Å². The molecule has 0 bridgehead atoms. The molecule has 3 rings (SSSR count). The van der Waals surface area contributed by atoms with Crippen LogP contribution in [0.2, 0.25) is 0 Å². The molecule has 9 nitrogen and oxygen atoms in total. The van der Waals surface area contributed by atoms with Gasteiger partial charge in [-0.1, -0.05) is 26.2 Å². The van der Waals surface area contributed by atoms with Gasteiger partial charge in [0.05, 0.1) is 18.2 Å². The van der Waals surface area contributed by atoms with Gasteiger partial charge in [-0.2, -0.15) is 5.10 Å². The Morgan fingerprint density at radius 2 is 2.04 bits per heavy atom. The Balaban J connectivity index is 1.77. The van der Waals surface area contributed by atoms with Gasteiger partial charge in [0, 0.05) is 6.54 Å². The molecule has 0 aromatic carbocycles. The molecule has 1 aliphatic rings. The first kappa shape index (κ1) is 18.0. The van der Waals surface area contributed by atoms with E-state index >= 15 is 0 Å². The summed E-state index contributed by atoms with van der Waals surface area (Å²) >= 11 is 0. The molecule has 4 N–H and O–H groups in total. The van der Waals surface area contributed by atoms with Gasteiger partial charge in [0.1, 0.15) is 30.5 Å². The molecule has 2 aromatic heterocycles. The highest BCUT2D eigenvalue weighted by molar-refractivity contribution is 5.86. The Hall–Kier alpha value is -1.81. The zero-order valence-corrected chi connectivity index (χ0v) is 14.2. The molecule has 1 fully saturated rings. The van der Waals surface area contributed by atoms with Gasteiger partial charge in [-0.15, -0.1) is 0 Å². The maximum Gasteiger partial charge on any atom is 0.181 e. The molecule has 9 heteroatoms. The number of aromatic nitrogens is 4. The molecule has 0 aliphatic carbocycles. The van der Waals surface area contributed by atoms with Crippen molar-refractivity contribution in [3.8, 4) is 0 Å². The zero-order valence-electron chi connectivity index (χ0n) is 14.2. The number of fused-ring (bicyclic) bond motifs is 1. The summed E-state index contributed by atoms with van der Waals surface area (Å²) in [5.74, 6) is 0.680. The van der Waals surface area contributed by atoms with Crippen molar-refractivity contribution in [3.05, 3.63) is 12.5 Å². The van der Waals surface area contributed by atoms with Crippen molar-refractivity contribution in [1.82, 2.24) is 19.7 Å². The molecule has 138 valence electrons. The molecule has 25 heavy (non-hydrogen) atoms. The van der Waals surface area contributed by atoms with E-state index in [1.54, 1.807) is 6.20 Å². The van der Waals surface area contributed by atoms with Gasteiger partial charge in [0.25, 0.3) is 0 Å². The lowest BCUT2D eigenvalue weighted by Gasteiger charge is -2.15. The van der Waals surface area contributed by atoms with Crippen LogP contribution in [-0.2, 0) is 4.74 Å². The summed E-state index contributed by atoms with van der Waals surface area (Å²) in [4.78, 5) is 8.49. The Morgan fingerprint density at radius 3 is 2.76 bits per heavy atom. The monoisotopic (exact) mass is 351 g/mol. The van der Waals surface area contributed by atoms with Crippen LogP contribution in [0.25, 0.3) is 11.0 Å². The zero-order chi connectivity index (χ0) is 17.8. The molecule has 0 amide bonds. The Morgan fingerprint density at radius 1 is 1.20 bits per heavy atom. The molecule has 2 aromatic rings. The van der Waals surface area contributed by atoms with Crippen LogP contribution in [0.15, 0.2) is 12.5 Å². The highest BCUT2D eigenvalue weighted by Crippen LogP contribution is 2.31. The van der Waals surface area contributed by atoms with Crippen LogP contribution in [0.4, 0.5) is 5.82 Å². The number of hydrogen-bond acceptors (Lipinski definition) is 8. The first-order chi connectivity index (χ1) is 12.2. The number of nitrogens with zero attached hydrogens (tertiary/aromatic N) is 4. The molecule has 1 saturated heterocycles. The minimum atomic E-state index is -1.19. The van der Waals surface area contributed by atoms with Crippen molar-refractivity contribution in [2.24, 2.45) is 0 Å². The minimum absolute atomic E-state index is 0.381. The Kier molecular flexibility index (Phi) is 5.79. The highest BCUT2D eigenvalue weighted by atomic mass is 16.6. The second-order valence-corrected chi connectivity index (χ2v) is 6.26. The van der Waals surface area contributed by atoms with Gasteiger partial charge in [0.15, 0.2) is 11.9 Å². The maximum absolute atomic E-state index is 10.2. The van der Waals surface area contributed by atoms with E-state index < -0.39 is 24.5 Å². The Labute approximate surface area is 145 Å². The van der Waals surface area contributed by atoms with Crippen LogP contribution in [0.1, 0.15) is 38.8 Å². The predicted molar refractivity (Wildman–Crippen MR) is 91.0 cm³/mol. The predicted octanol–water partition coefficient (Wildman–Crippen LogP) is 0.430. The first-order valence-electron chi connectivity index (χ1n) is 8.72. The Bertz CT molecular complexity index is 694. The van der Waals surface area contributed by atoms with Crippen LogP contribution < -0.4 is 5.32 Å². The van der Waals surface area contributed by atoms with Gasteiger partial charge in [-0.05, 0) is 6.42 Å². The highest BCUT2D eigenvalue weighted by Gasteiger charge is 2.44. The van der Waals surface area contributed by atoms with Crippen molar-refractivity contribution in [2.75, 3.05) is 18.5 Å². The van der Waals surface area contributed by atoms with E-state index in [9.17, 15) is 15.3 Å². The fourth-order valence-electron chi connectivity index (χ4n) is 3.03. The average molecular weight is 351 g/mol. The summed E-state index contributed by atoms with van der Waals surface area (Å²) in [5, 5.41) is 37.6. The minimum Gasteiger partial charge on any atom is -0.394 e. The fourth-order valence-corrected chi connectivity index (χ4v) is 3.03. The van der Waals surface area contributed by atoms with Gasteiger partial charge < -0.3 is 25.4 Å². The van der Waals surface area contributed by atoms with Crippen LogP contribution in [0.3, 0.4) is 0 Å². The number of unbranched alkanes of at least 4 members (excludes halogenated alkanes) is 3. The number of ether oxygens (including phenoxy) is 1. The summed E-state index contributed by atoms with van der Waals surface area (Å²) in [6.45, 7) is 2.60. The lowest BCUT2D eigenvalue weighted by molar-refractivity contribution is -0.0566. The van der Waals surface area contributed by atoms with Crippen LogP contribution in [0.5, 0.6) is 0 Å². The first-order valence-corrected chi connectivity index (χ1v) is 8.72. The number of anilines is 1. The SMILES string of the molecule is CCCCCCNc1ncnc2c1cnn2C1O[C@H](CO)[C@@H](O)[C@H]1O. The standard InChI is InChI=1S/C16H25N5O4/c1-2-3-4-5-6-17-14-10-7-20-21(15(10)19-9-18-14)16-13(24)12(23)11(8-22)25-16/h7,9,11-13,16,22-24H,2-6,8H2,1H3,(H,17,18,19)/t11-,12-,13-,16?/m1/s1. The normalized spacial score (nSPS) is 26.4. The summed E-state index contributed by atoms with van der Waals surface area (Å²) < 4.78 is 6.94. The number of aliphatic hydroxyl groups is 3. The average Bonchev–Trinajstić information content (AvgIpc) is 3.17. The van der Waals surface area contributed by atoms with E-state index in [0.29, 0.717) is 11.5 Å². The number of nitrogens with one attached hydrogen (secondary N) is 1. The van der Waals surface area contributed by atoms with E-state index in [-0.39, 0.29) is 6.61 Å². The largest absolute Gasteiger partial charge is 0.394 e. The van der Waals surface area contributed by atoms with Crippen LogP contribution >= 0.6 is 0 Å². The van der Waals surface area contributed by atoms with Crippen molar-refractivity contribution < 1.29 is 20.1 Å². The van der Waals surface area contributed by atoms with Gasteiger partial charge in [0.2, 0.25) is 0 Å². The molecular weight excluding hydrogens is 326 g/mol.